The summed E-state index contributed by atoms with van der Waals surface area (Å²) >= 11 is 1.43. The number of nitrogens with two attached hydrogens (primary N) is 1. The summed E-state index contributed by atoms with van der Waals surface area (Å²) in [5.41, 5.74) is 10.8. The zero-order chi connectivity index (χ0) is 18.2. The molecule has 0 aliphatic heterocycles. The molecule has 6 heteroatoms. The van der Waals surface area contributed by atoms with Gasteiger partial charge in [0.05, 0.1) is 6.21 Å². The van der Waals surface area contributed by atoms with E-state index in [1.807, 2.05) is 56.3 Å². The number of hydrogen-bond acceptors (Lipinski definition) is 4. The van der Waals surface area contributed by atoms with Crippen molar-refractivity contribution in [3.8, 4) is 0 Å². The van der Waals surface area contributed by atoms with E-state index in [1.54, 1.807) is 6.21 Å². The lowest BCUT2D eigenvalue weighted by Crippen LogP contribution is -2.09. The van der Waals surface area contributed by atoms with Crippen LogP contribution in [0.5, 0.6) is 0 Å². The van der Waals surface area contributed by atoms with Gasteiger partial charge >= 0.3 is 0 Å². The molecule has 0 saturated heterocycles. The monoisotopic (exact) mass is 354 g/mol. The summed E-state index contributed by atoms with van der Waals surface area (Å²) in [5.74, 6) is 0.617. The van der Waals surface area contributed by atoms with Crippen molar-refractivity contribution < 1.29 is 4.79 Å². The van der Waals surface area contributed by atoms with E-state index in [0.29, 0.717) is 10.9 Å². The van der Waals surface area contributed by atoms with Crippen molar-refractivity contribution in [2.24, 2.45) is 15.9 Å². The van der Waals surface area contributed by atoms with Crippen LogP contribution >= 0.6 is 11.8 Å². The van der Waals surface area contributed by atoms with Gasteiger partial charge in [-0.2, -0.15) is 5.10 Å². The highest BCUT2D eigenvalue weighted by atomic mass is 32.2. The molecule has 0 atom stereocenters. The molecule has 0 radical (unpaired) electrons. The summed E-state index contributed by atoms with van der Waals surface area (Å²) in [5, 5.41) is 11.3. The number of rotatable bonds is 5. The number of thioether (sulfide) groups is 1. The lowest BCUT2D eigenvalue weighted by molar-refractivity contribution is -0.114. The lowest BCUT2D eigenvalue weighted by atomic mass is 10.0. The molecule has 2 rings (SSSR count). The highest BCUT2D eigenvalue weighted by molar-refractivity contribution is 8.13. The van der Waals surface area contributed by atoms with E-state index in [-0.39, 0.29) is 5.91 Å². The second-order valence-corrected chi connectivity index (χ2v) is 6.66. The molecule has 0 bridgehead atoms. The SMILES string of the molecule is CC(=O)Nc1cc(C)c(C)cc1C=NN=C(N)SCc1ccccc1. The highest BCUT2D eigenvalue weighted by Crippen LogP contribution is 2.20. The third-order valence-electron chi connectivity index (χ3n) is 3.56. The van der Waals surface area contributed by atoms with Crippen molar-refractivity contribution in [1.82, 2.24) is 0 Å². The van der Waals surface area contributed by atoms with E-state index in [0.717, 1.165) is 22.4 Å². The van der Waals surface area contributed by atoms with Crippen LogP contribution in [0.2, 0.25) is 0 Å². The Balaban J connectivity index is 2.07. The number of nitrogens with zero attached hydrogens (tertiary/aromatic N) is 2. The molecule has 2 aromatic carbocycles. The summed E-state index contributed by atoms with van der Waals surface area (Å²) in [6.45, 7) is 5.49. The van der Waals surface area contributed by atoms with Crippen molar-refractivity contribution in [2.45, 2.75) is 26.5 Å². The van der Waals surface area contributed by atoms with Crippen LogP contribution in [0.25, 0.3) is 0 Å². The minimum atomic E-state index is -0.126. The number of aryl methyl sites for hydroxylation is 2. The summed E-state index contributed by atoms with van der Waals surface area (Å²) < 4.78 is 0. The van der Waals surface area contributed by atoms with Gasteiger partial charge in [0, 0.05) is 23.9 Å². The number of anilines is 1. The molecule has 0 aliphatic carbocycles. The number of amidine groups is 1. The molecule has 0 heterocycles. The lowest BCUT2D eigenvalue weighted by Gasteiger charge is -2.09. The predicted octanol–water partition coefficient (Wildman–Crippen LogP) is 3.84. The first-order valence-corrected chi connectivity index (χ1v) is 8.86. The number of amides is 1. The molecule has 1 amide bonds. The summed E-state index contributed by atoms with van der Waals surface area (Å²) in [6, 6.07) is 13.9. The molecular formula is C19H22N4OS. The van der Waals surface area contributed by atoms with Gasteiger partial charge in [-0.3, -0.25) is 4.79 Å². The molecule has 0 aliphatic rings. The Morgan fingerprint density at radius 1 is 1.20 bits per heavy atom. The van der Waals surface area contributed by atoms with Gasteiger partial charge in [-0.15, -0.1) is 5.10 Å². The molecular weight excluding hydrogens is 332 g/mol. The Morgan fingerprint density at radius 3 is 2.56 bits per heavy atom. The Labute approximate surface area is 152 Å². The molecule has 3 N–H and O–H groups in total. The zero-order valence-electron chi connectivity index (χ0n) is 14.6. The molecule has 0 aromatic heterocycles. The van der Waals surface area contributed by atoms with Gasteiger partial charge in [-0.1, -0.05) is 42.1 Å². The third-order valence-corrected chi connectivity index (χ3v) is 4.41. The summed E-state index contributed by atoms with van der Waals surface area (Å²) in [6.07, 6.45) is 1.60. The first kappa shape index (κ1) is 18.7. The normalized spacial score (nSPS) is 11.7. The molecule has 25 heavy (non-hydrogen) atoms. The minimum absolute atomic E-state index is 0.126. The fourth-order valence-electron chi connectivity index (χ4n) is 2.15. The van der Waals surface area contributed by atoms with Crippen LogP contribution in [0.1, 0.15) is 29.2 Å². The van der Waals surface area contributed by atoms with Crippen LogP contribution in [0, 0.1) is 13.8 Å². The first-order valence-electron chi connectivity index (χ1n) is 7.88. The third kappa shape index (κ3) is 6.08. The Kier molecular flexibility index (Phi) is 6.77. The summed E-state index contributed by atoms with van der Waals surface area (Å²) in [7, 11) is 0. The summed E-state index contributed by atoms with van der Waals surface area (Å²) in [4.78, 5) is 11.4. The fraction of sp³-hybridized carbons (Fsp3) is 0.211. The molecule has 0 saturated carbocycles. The standard InChI is InChI=1S/C19H22N4OS/c1-13-9-17(18(10-14(13)2)22-15(3)24)11-21-23-19(20)25-12-16-7-5-4-6-8-16/h4-11H,12H2,1-3H3,(H2,20,23)(H,22,24). The maximum atomic E-state index is 11.4. The molecule has 0 spiro atoms. The van der Waals surface area contributed by atoms with Gasteiger partial charge in [-0.25, -0.2) is 0 Å². The van der Waals surface area contributed by atoms with Crippen molar-refractivity contribution in [3.63, 3.8) is 0 Å². The minimum Gasteiger partial charge on any atom is -0.377 e. The van der Waals surface area contributed by atoms with Gasteiger partial charge in [0.2, 0.25) is 5.91 Å². The van der Waals surface area contributed by atoms with Crippen LogP contribution in [-0.4, -0.2) is 17.3 Å². The van der Waals surface area contributed by atoms with Crippen LogP contribution < -0.4 is 11.1 Å². The largest absolute Gasteiger partial charge is 0.377 e. The first-order chi connectivity index (χ1) is 12.0. The van der Waals surface area contributed by atoms with E-state index >= 15 is 0 Å². The molecule has 130 valence electrons. The van der Waals surface area contributed by atoms with Crippen molar-refractivity contribution in [3.05, 3.63) is 64.7 Å². The Hall–Kier alpha value is -2.60. The Bertz CT molecular complexity index is 801. The molecule has 0 fully saturated rings. The van der Waals surface area contributed by atoms with E-state index in [1.165, 1.54) is 24.2 Å². The molecule has 5 nitrogen and oxygen atoms in total. The zero-order valence-corrected chi connectivity index (χ0v) is 15.4. The number of carbonyl (C=O) groups excluding carboxylic acids is 1. The van der Waals surface area contributed by atoms with Crippen LogP contribution in [0.15, 0.2) is 52.7 Å². The molecule has 2 aromatic rings. The second-order valence-electron chi connectivity index (χ2n) is 5.66. The highest BCUT2D eigenvalue weighted by Gasteiger charge is 2.05. The van der Waals surface area contributed by atoms with Gasteiger partial charge in [0.15, 0.2) is 5.17 Å². The van der Waals surface area contributed by atoms with Gasteiger partial charge in [0.25, 0.3) is 0 Å². The predicted molar refractivity (Wildman–Crippen MR) is 107 cm³/mol. The molecule has 0 unspecified atom stereocenters. The second kappa shape index (κ2) is 9.03. The number of benzene rings is 2. The smallest absolute Gasteiger partial charge is 0.221 e. The van der Waals surface area contributed by atoms with Crippen LogP contribution in [0.3, 0.4) is 0 Å². The number of carbonyl (C=O) groups is 1. The van der Waals surface area contributed by atoms with Gasteiger partial charge < -0.3 is 11.1 Å². The van der Waals surface area contributed by atoms with Gasteiger partial charge in [-0.05, 0) is 42.7 Å². The van der Waals surface area contributed by atoms with E-state index in [4.69, 9.17) is 5.73 Å². The van der Waals surface area contributed by atoms with Crippen LogP contribution in [-0.2, 0) is 10.5 Å². The van der Waals surface area contributed by atoms with Crippen molar-refractivity contribution in [2.75, 3.05) is 5.32 Å². The van der Waals surface area contributed by atoms with E-state index in [9.17, 15) is 4.79 Å². The number of nitrogens with one attached hydrogen (secondary N) is 1. The fourth-order valence-corrected chi connectivity index (χ4v) is 2.76. The maximum absolute atomic E-state index is 11.4. The Morgan fingerprint density at radius 2 is 1.88 bits per heavy atom. The average molecular weight is 354 g/mol. The van der Waals surface area contributed by atoms with Gasteiger partial charge in [0.1, 0.15) is 0 Å². The van der Waals surface area contributed by atoms with E-state index in [2.05, 4.69) is 15.5 Å². The quantitative estimate of drug-likeness (QED) is 0.486. The van der Waals surface area contributed by atoms with Crippen LogP contribution in [0.4, 0.5) is 5.69 Å². The van der Waals surface area contributed by atoms with Crippen molar-refractivity contribution in [1.29, 1.82) is 0 Å². The number of hydrogen-bond donors (Lipinski definition) is 2. The maximum Gasteiger partial charge on any atom is 0.221 e. The van der Waals surface area contributed by atoms with Crippen molar-refractivity contribution >= 4 is 34.7 Å². The van der Waals surface area contributed by atoms with E-state index < -0.39 is 0 Å². The average Bonchev–Trinajstić information content (AvgIpc) is 2.57. The topological polar surface area (TPSA) is 79.8 Å².